The third-order valence-electron chi connectivity index (χ3n) is 3.92. The van der Waals surface area contributed by atoms with Crippen molar-refractivity contribution >= 4 is 22.4 Å². The highest BCUT2D eigenvalue weighted by Gasteiger charge is 2.19. The van der Waals surface area contributed by atoms with Crippen LogP contribution < -0.4 is 10.1 Å². The molecule has 134 valence electrons. The molecule has 0 saturated heterocycles. The van der Waals surface area contributed by atoms with Gasteiger partial charge in [0.15, 0.2) is 0 Å². The number of hydrogen-bond donors (Lipinski definition) is 1. The molecule has 2 aromatic heterocycles. The van der Waals surface area contributed by atoms with Gasteiger partial charge in [-0.2, -0.15) is 5.10 Å². The Morgan fingerprint density at radius 2 is 1.89 bits per heavy atom. The first-order valence-corrected chi connectivity index (χ1v) is 8.99. The fourth-order valence-corrected chi connectivity index (χ4v) is 3.05. The van der Waals surface area contributed by atoms with Gasteiger partial charge < -0.3 is 4.74 Å². The standard InChI is InChI=1S/C19H15N5O2S/c1-26-15-9-7-13(8-10-15)17-16(18(25)21-19-22-20-12-27-19)11-24(23-17)14-5-3-2-4-6-14/h2-12H,1H3,(H,21,22,25). The van der Waals surface area contributed by atoms with Gasteiger partial charge in [0, 0.05) is 11.8 Å². The van der Waals surface area contributed by atoms with Crippen molar-refractivity contribution in [2.75, 3.05) is 12.4 Å². The summed E-state index contributed by atoms with van der Waals surface area (Å²) >= 11 is 1.26. The lowest BCUT2D eigenvalue weighted by Gasteiger charge is -2.04. The van der Waals surface area contributed by atoms with Crippen LogP contribution in [0.3, 0.4) is 0 Å². The summed E-state index contributed by atoms with van der Waals surface area (Å²) in [4.78, 5) is 12.8. The lowest BCUT2D eigenvalue weighted by molar-refractivity contribution is 0.102. The van der Waals surface area contributed by atoms with Crippen molar-refractivity contribution in [2.45, 2.75) is 0 Å². The van der Waals surface area contributed by atoms with Gasteiger partial charge in [0.2, 0.25) is 5.13 Å². The molecule has 2 aromatic carbocycles. The highest BCUT2D eigenvalue weighted by molar-refractivity contribution is 7.13. The summed E-state index contributed by atoms with van der Waals surface area (Å²) in [6, 6.07) is 17.0. The zero-order valence-electron chi connectivity index (χ0n) is 14.4. The molecular formula is C19H15N5O2S. The van der Waals surface area contributed by atoms with E-state index in [9.17, 15) is 4.79 Å². The van der Waals surface area contributed by atoms with Crippen LogP contribution in [0.15, 0.2) is 66.3 Å². The molecule has 0 unspecified atom stereocenters. The Morgan fingerprint density at radius 1 is 1.11 bits per heavy atom. The average Bonchev–Trinajstić information content (AvgIpc) is 3.39. The molecule has 0 aliphatic rings. The number of anilines is 1. The van der Waals surface area contributed by atoms with Gasteiger partial charge in [0.05, 0.1) is 18.4 Å². The second-order valence-electron chi connectivity index (χ2n) is 5.60. The van der Waals surface area contributed by atoms with Crippen LogP contribution in [0, 0.1) is 0 Å². The summed E-state index contributed by atoms with van der Waals surface area (Å²) < 4.78 is 6.90. The minimum atomic E-state index is -0.292. The molecule has 0 atom stereocenters. The molecule has 1 N–H and O–H groups in total. The Bertz CT molecular complexity index is 1040. The monoisotopic (exact) mass is 377 g/mol. The van der Waals surface area contributed by atoms with Gasteiger partial charge in [-0.25, -0.2) is 4.68 Å². The SMILES string of the molecule is COc1ccc(-c2nn(-c3ccccc3)cc2C(=O)Nc2nncs2)cc1. The molecular weight excluding hydrogens is 362 g/mol. The Hall–Kier alpha value is -3.52. The number of carbonyl (C=O) groups is 1. The van der Waals surface area contributed by atoms with Gasteiger partial charge in [-0.05, 0) is 36.4 Å². The molecule has 0 spiro atoms. The van der Waals surface area contributed by atoms with E-state index in [4.69, 9.17) is 4.74 Å². The van der Waals surface area contributed by atoms with Gasteiger partial charge in [-0.3, -0.25) is 10.1 Å². The first kappa shape index (κ1) is 16.9. The molecule has 7 nitrogen and oxygen atoms in total. The van der Waals surface area contributed by atoms with Gasteiger partial charge in [-0.1, -0.05) is 29.5 Å². The Labute approximate surface area is 159 Å². The Kier molecular flexibility index (Phi) is 4.63. The van der Waals surface area contributed by atoms with Crippen LogP contribution >= 0.6 is 11.3 Å². The molecule has 4 aromatic rings. The van der Waals surface area contributed by atoms with Crippen molar-refractivity contribution in [1.82, 2.24) is 20.0 Å². The van der Waals surface area contributed by atoms with E-state index in [-0.39, 0.29) is 5.91 Å². The molecule has 0 radical (unpaired) electrons. The third-order valence-corrected chi connectivity index (χ3v) is 4.53. The number of carbonyl (C=O) groups excluding carboxylic acids is 1. The normalized spacial score (nSPS) is 10.6. The number of benzene rings is 2. The van der Waals surface area contributed by atoms with Crippen LogP contribution in [0.1, 0.15) is 10.4 Å². The predicted octanol–water partition coefficient (Wildman–Crippen LogP) is 3.65. The first-order chi connectivity index (χ1) is 13.2. The van der Waals surface area contributed by atoms with Crippen LogP contribution in [0.4, 0.5) is 5.13 Å². The van der Waals surface area contributed by atoms with Crippen LogP contribution in [0.2, 0.25) is 0 Å². The second kappa shape index (κ2) is 7.38. The van der Waals surface area contributed by atoms with Gasteiger partial charge in [-0.15, -0.1) is 10.2 Å². The van der Waals surface area contributed by atoms with Crippen molar-refractivity contribution in [1.29, 1.82) is 0 Å². The van der Waals surface area contributed by atoms with Crippen molar-refractivity contribution in [3.8, 4) is 22.7 Å². The van der Waals surface area contributed by atoms with Gasteiger partial charge >= 0.3 is 0 Å². The average molecular weight is 377 g/mol. The summed E-state index contributed by atoms with van der Waals surface area (Å²) in [5.74, 6) is 0.445. The maximum atomic E-state index is 12.8. The lowest BCUT2D eigenvalue weighted by atomic mass is 10.1. The predicted molar refractivity (Wildman–Crippen MR) is 103 cm³/mol. The largest absolute Gasteiger partial charge is 0.497 e. The van der Waals surface area contributed by atoms with E-state index in [0.717, 1.165) is 17.0 Å². The number of para-hydroxylation sites is 1. The van der Waals surface area contributed by atoms with Crippen LogP contribution in [-0.4, -0.2) is 33.0 Å². The summed E-state index contributed by atoms with van der Waals surface area (Å²) in [6.07, 6.45) is 1.71. The molecule has 0 aliphatic heterocycles. The van der Waals surface area contributed by atoms with E-state index in [1.165, 1.54) is 11.3 Å². The van der Waals surface area contributed by atoms with E-state index >= 15 is 0 Å². The minimum Gasteiger partial charge on any atom is -0.497 e. The van der Waals surface area contributed by atoms with E-state index < -0.39 is 0 Å². The summed E-state index contributed by atoms with van der Waals surface area (Å²) in [5, 5.41) is 15.4. The molecule has 2 heterocycles. The maximum Gasteiger partial charge on any atom is 0.261 e. The topological polar surface area (TPSA) is 81.9 Å². The number of ether oxygens (including phenoxy) is 1. The molecule has 0 bridgehead atoms. The van der Waals surface area contributed by atoms with E-state index in [0.29, 0.717) is 16.4 Å². The molecule has 0 saturated carbocycles. The van der Waals surface area contributed by atoms with Crippen molar-refractivity contribution in [3.05, 3.63) is 71.9 Å². The smallest absolute Gasteiger partial charge is 0.261 e. The highest BCUT2D eigenvalue weighted by Crippen LogP contribution is 2.26. The van der Waals surface area contributed by atoms with Gasteiger partial charge in [0.1, 0.15) is 17.0 Å². The zero-order chi connectivity index (χ0) is 18.6. The summed E-state index contributed by atoms with van der Waals surface area (Å²) in [7, 11) is 1.61. The summed E-state index contributed by atoms with van der Waals surface area (Å²) in [6.45, 7) is 0. The third kappa shape index (κ3) is 3.56. The minimum absolute atomic E-state index is 0.292. The number of hydrogen-bond acceptors (Lipinski definition) is 6. The molecule has 0 aliphatic carbocycles. The Morgan fingerprint density at radius 3 is 2.56 bits per heavy atom. The van der Waals surface area contributed by atoms with Crippen LogP contribution in [0.5, 0.6) is 5.75 Å². The molecule has 27 heavy (non-hydrogen) atoms. The fourth-order valence-electron chi connectivity index (χ4n) is 2.61. The molecule has 8 heteroatoms. The van der Waals surface area contributed by atoms with Crippen LogP contribution in [0.25, 0.3) is 16.9 Å². The number of aromatic nitrogens is 4. The van der Waals surface area contributed by atoms with E-state index in [2.05, 4.69) is 20.6 Å². The van der Waals surface area contributed by atoms with Gasteiger partial charge in [0.25, 0.3) is 5.91 Å². The number of methoxy groups -OCH3 is 1. The number of rotatable bonds is 5. The lowest BCUT2D eigenvalue weighted by Crippen LogP contribution is -2.12. The first-order valence-electron chi connectivity index (χ1n) is 8.11. The number of nitrogens with one attached hydrogen (secondary N) is 1. The number of nitrogens with zero attached hydrogens (tertiary/aromatic N) is 4. The maximum absolute atomic E-state index is 12.8. The molecule has 4 rings (SSSR count). The number of amides is 1. The fraction of sp³-hybridized carbons (Fsp3) is 0.0526. The Balaban J connectivity index is 1.77. The summed E-state index contributed by atoms with van der Waals surface area (Å²) in [5.41, 5.74) is 4.26. The van der Waals surface area contributed by atoms with Crippen molar-refractivity contribution in [2.24, 2.45) is 0 Å². The zero-order valence-corrected chi connectivity index (χ0v) is 15.2. The molecule has 1 amide bonds. The van der Waals surface area contributed by atoms with E-state index in [1.54, 1.807) is 23.5 Å². The second-order valence-corrected chi connectivity index (χ2v) is 6.43. The molecule has 0 fully saturated rings. The highest BCUT2D eigenvalue weighted by atomic mass is 32.1. The van der Waals surface area contributed by atoms with Crippen molar-refractivity contribution < 1.29 is 9.53 Å². The van der Waals surface area contributed by atoms with Crippen LogP contribution in [-0.2, 0) is 0 Å². The quantitative estimate of drug-likeness (QED) is 0.574. The van der Waals surface area contributed by atoms with Crippen molar-refractivity contribution in [3.63, 3.8) is 0 Å². The van der Waals surface area contributed by atoms with E-state index in [1.807, 2.05) is 54.6 Å².